The molecule has 2 aliphatic rings. The summed E-state index contributed by atoms with van der Waals surface area (Å²) in [6.07, 6.45) is 2.75. The zero-order valence-corrected chi connectivity index (χ0v) is 10.0. The van der Waals surface area contributed by atoms with Gasteiger partial charge in [0.2, 0.25) is 0 Å². The molecule has 2 atom stereocenters. The topological polar surface area (TPSA) is 24.5 Å². The largest absolute Gasteiger partial charge is 0.379 e. The Bertz CT molecular complexity index is 190. The Balaban J connectivity index is 1.76. The third-order valence-corrected chi connectivity index (χ3v) is 3.94. The van der Waals surface area contributed by atoms with E-state index in [2.05, 4.69) is 17.1 Å². The smallest absolute Gasteiger partial charge is 0.0623 e. The number of hydrogen-bond donors (Lipinski definition) is 1. The van der Waals surface area contributed by atoms with E-state index in [4.69, 9.17) is 4.74 Å². The predicted octanol–water partition coefficient (Wildman–Crippen LogP) is 0.953. The number of rotatable bonds is 3. The summed E-state index contributed by atoms with van der Waals surface area (Å²) < 4.78 is 5.53. The van der Waals surface area contributed by atoms with E-state index in [0.29, 0.717) is 12.0 Å². The highest BCUT2D eigenvalue weighted by Crippen LogP contribution is 2.20. The van der Waals surface area contributed by atoms with Gasteiger partial charge in [-0.25, -0.2) is 0 Å². The Labute approximate surface area is 93.2 Å². The summed E-state index contributed by atoms with van der Waals surface area (Å²) >= 11 is 0. The Morgan fingerprint density at radius 2 is 2.00 bits per heavy atom. The number of hydrogen-bond acceptors (Lipinski definition) is 3. The average Bonchev–Trinajstić information content (AvgIpc) is 2.69. The minimum atomic E-state index is 0.573. The van der Waals surface area contributed by atoms with Gasteiger partial charge in [0.25, 0.3) is 0 Å². The van der Waals surface area contributed by atoms with Crippen LogP contribution in [-0.4, -0.2) is 50.8 Å². The molecule has 2 unspecified atom stereocenters. The zero-order chi connectivity index (χ0) is 10.7. The number of likely N-dealkylation sites (N-methyl/N-ethyl adjacent to an activating group) is 1. The second-order valence-corrected chi connectivity index (χ2v) is 5.18. The lowest BCUT2D eigenvalue weighted by molar-refractivity contribution is 0.143. The normalized spacial score (nSPS) is 34.8. The van der Waals surface area contributed by atoms with Crippen LogP contribution >= 0.6 is 0 Å². The molecular formula is C12H24N2O. The van der Waals surface area contributed by atoms with Crippen molar-refractivity contribution in [1.82, 2.24) is 10.2 Å². The predicted molar refractivity (Wildman–Crippen MR) is 62.0 cm³/mol. The van der Waals surface area contributed by atoms with Crippen molar-refractivity contribution in [3.63, 3.8) is 0 Å². The van der Waals surface area contributed by atoms with Gasteiger partial charge in [0.1, 0.15) is 0 Å². The molecule has 0 bridgehead atoms. The molecular weight excluding hydrogens is 188 g/mol. The van der Waals surface area contributed by atoms with Crippen LogP contribution in [0.3, 0.4) is 0 Å². The highest BCUT2D eigenvalue weighted by atomic mass is 16.5. The van der Waals surface area contributed by atoms with Gasteiger partial charge in [-0.05, 0) is 38.9 Å². The van der Waals surface area contributed by atoms with Gasteiger partial charge in [-0.1, -0.05) is 6.92 Å². The van der Waals surface area contributed by atoms with Crippen LogP contribution in [0.4, 0.5) is 0 Å². The molecule has 2 rings (SSSR count). The molecule has 0 spiro atoms. The Morgan fingerprint density at radius 3 is 2.67 bits per heavy atom. The molecule has 88 valence electrons. The maximum absolute atomic E-state index is 5.53. The van der Waals surface area contributed by atoms with Crippen molar-refractivity contribution in [2.24, 2.45) is 11.8 Å². The van der Waals surface area contributed by atoms with Crippen molar-refractivity contribution in [1.29, 1.82) is 0 Å². The van der Waals surface area contributed by atoms with Gasteiger partial charge >= 0.3 is 0 Å². The molecule has 0 aromatic carbocycles. The second kappa shape index (κ2) is 5.28. The van der Waals surface area contributed by atoms with E-state index in [9.17, 15) is 0 Å². The quantitative estimate of drug-likeness (QED) is 0.754. The fourth-order valence-electron chi connectivity index (χ4n) is 2.67. The van der Waals surface area contributed by atoms with Gasteiger partial charge in [0, 0.05) is 18.5 Å². The van der Waals surface area contributed by atoms with Gasteiger partial charge in [-0.3, -0.25) is 0 Å². The molecule has 2 fully saturated rings. The van der Waals surface area contributed by atoms with E-state index in [1.54, 1.807) is 0 Å². The lowest BCUT2D eigenvalue weighted by atomic mass is 9.97. The van der Waals surface area contributed by atoms with Crippen molar-refractivity contribution in [2.45, 2.75) is 25.8 Å². The number of nitrogens with zero attached hydrogens (tertiary/aromatic N) is 1. The molecule has 1 N–H and O–H groups in total. The molecule has 0 radical (unpaired) electrons. The zero-order valence-electron chi connectivity index (χ0n) is 10.0. The summed E-state index contributed by atoms with van der Waals surface area (Å²) in [5, 5.41) is 3.36. The minimum absolute atomic E-state index is 0.573. The van der Waals surface area contributed by atoms with Gasteiger partial charge in [-0.2, -0.15) is 0 Å². The SMILES string of the molecule is CNC1COCC1CN1CCC(C)CC1. The van der Waals surface area contributed by atoms with Crippen LogP contribution in [0, 0.1) is 11.8 Å². The molecule has 0 saturated carbocycles. The molecule has 2 heterocycles. The number of piperidine rings is 1. The van der Waals surface area contributed by atoms with Crippen LogP contribution < -0.4 is 5.32 Å². The fourth-order valence-corrected chi connectivity index (χ4v) is 2.67. The van der Waals surface area contributed by atoms with Crippen molar-refractivity contribution in [2.75, 3.05) is 39.9 Å². The Hall–Kier alpha value is -0.120. The molecule has 3 heteroatoms. The first-order valence-electron chi connectivity index (χ1n) is 6.27. The molecule has 0 aromatic rings. The summed E-state index contributed by atoms with van der Waals surface area (Å²) in [4.78, 5) is 2.61. The van der Waals surface area contributed by atoms with Gasteiger partial charge in [-0.15, -0.1) is 0 Å². The molecule has 2 saturated heterocycles. The Kier molecular flexibility index (Phi) is 4.00. The van der Waals surface area contributed by atoms with Crippen LogP contribution in [0.25, 0.3) is 0 Å². The third-order valence-electron chi connectivity index (χ3n) is 3.94. The van der Waals surface area contributed by atoms with Crippen molar-refractivity contribution < 1.29 is 4.74 Å². The first kappa shape index (κ1) is 11.4. The standard InChI is InChI=1S/C12H24N2O/c1-10-3-5-14(6-4-10)7-11-8-15-9-12(11)13-2/h10-13H,3-9H2,1-2H3. The van der Waals surface area contributed by atoms with Crippen LogP contribution in [-0.2, 0) is 4.74 Å². The van der Waals surface area contributed by atoms with E-state index in [1.807, 2.05) is 7.05 Å². The van der Waals surface area contributed by atoms with Gasteiger partial charge < -0.3 is 15.0 Å². The summed E-state index contributed by atoms with van der Waals surface area (Å²) in [5.74, 6) is 1.63. The lowest BCUT2D eigenvalue weighted by Crippen LogP contribution is -2.42. The van der Waals surface area contributed by atoms with Crippen molar-refractivity contribution >= 4 is 0 Å². The number of ether oxygens (including phenoxy) is 1. The van der Waals surface area contributed by atoms with Crippen LogP contribution in [0.5, 0.6) is 0 Å². The van der Waals surface area contributed by atoms with Crippen LogP contribution in [0.1, 0.15) is 19.8 Å². The third kappa shape index (κ3) is 2.92. The summed E-state index contributed by atoms with van der Waals surface area (Å²) in [6, 6.07) is 0.573. The highest BCUT2D eigenvalue weighted by molar-refractivity contribution is 4.83. The van der Waals surface area contributed by atoms with E-state index < -0.39 is 0 Å². The second-order valence-electron chi connectivity index (χ2n) is 5.18. The summed E-state index contributed by atoms with van der Waals surface area (Å²) in [6.45, 7) is 8.00. The van der Waals surface area contributed by atoms with Gasteiger partial charge in [0.05, 0.1) is 13.2 Å². The molecule has 2 aliphatic heterocycles. The first-order chi connectivity index (χ1) is 7.29. The summed E-state index contributed by atoms with van der Waals surface area (Å²) in [7, 11) is 2.05. The van der Waals surface area contributed by atoms with E-state index in [0.717, 1.165) is 19.1 Å². The maximum Gasteiger partial charge on any atom is 0.0623 e. The molecule has 0 aromatic heterocycles. The first-order valence-corrected chi connectivity index (χ1v) is 6.27. The molecule has 15 heavy (non-hydrogen) atoms. The monoisotopic (exact) mass is 212 g/mol. The number of likely N-dealkylation sites (tertiary alicyclic amines) is 1. The van der Waals surface area contributed by atoms with E-state index in [1.165, 1.54) is 32.5 Å². The van der Waals surface area contributed by atoms with E-state index in [-0.39, 0.29) is 0 Å². The molecule has 3 nitrogen and oxygen atoms in total. The fraction of sp³-hybridized carbons (Fsp3) is 1.00. The maximum atomic E-state index is 5.53. The van der Waals surface area contributed by atoms with Crippen LogP contribution in [0.2, 0.25) is 0 Å². The van der Waals surface area contributed by atoms with Gasteiger partial charge in [0.15, 0.2) is 0 Å². The molecule has 0 aliphatic carbocycles. The highest BCUT2D eigenvalue weighted by Gasteiger charge is 2.29. The Morgan fingerprint density at radius 1 is 1.27 bits per heavy atom. The van der Waals surface area contributed by atoms with Crippen molar-refractivity contribution in [3.05, 3.63) is 0 Å². The van der Waals surface area contributed by atoms with E-state index >= 15 is 0 Å². The lowest BCUT2D eigenvalue weighted by Gasteiger charge is -2.33. The van der Waals surface area contributed by atoms with Crippen molar-refractivity contribution in [3.8, 4) is 0 Å². The van der Waals surface area contributed by atoms with Crippen LogP contribution in [0.15, 0.2) is 0 Å². The molecule has 0 amide bonds. The minimum Gasteiger partial charge on any atom is -0.379 e. The average molecular weight is 212 g/mol. The number of nitrogens with one attached hydrogen (secondary N) is 1. The summed E-state index contributed by atoms with van der Waals surface area (Å²) in [5.41, 5.74) is 0.